The van der Waals surface area contributed by atoms with Crippen molar-refractivity contribution in [2.45, 2.75) is 12.8 Å². The summed E-state index contributed by atoms with van der Waals surface area (Å²) in [5.74, 6) is 1.08. The Bertz CT molecular complexity index is 1040. The number of nitrogens with zero attached hydrogens (tertiary/aromatic N) is 6. The summed E-state index contributed by atoms with van der Waals surface area (Å²) in [6.45, 7) is 5.81. The molecule has 3 aliphatic heterocycles. The number of anilines is 2. The second-order valence-corrected chi connectivity index (χ2v) is 8.59. The van der Waals surface area contributed by atoms with E-state index in [0.29, 0.717) is 69.3 Å². The summed E-state index contributed by atoms with van der Waals surface area (Å²) in [7, 11) is 0. The lowest BCUT2D eigenvalue weighted by molar-refractivity contribution is -0.131. The molecule has 34 heavy (non-hydrogen) atoms. The van der Waals surface area contributed by atoms with Gasteiger partial charge < -0.3 is 19.4 Å². The maximum Gasteiger partial charge on any atom is 0.261 e. The first kappa shape index (κ1) is 22.3. The van der Waals surface area contributed by atoms with Crippen molar-refractivity contribution in [1.29, 1.82) is 0 Å². The predicted molar refractivity (Wildman–Crippen MR) is 125 cm³/mol. The number of benzene rings is 1. The lowest BCUT2D eigenvalue weighted by atomic mass is 10.1. The Labute approximate surface area is 198 Å². The minimum absolute atomic E-state index is 0.0490. The molecule has 4 heterocycles. The zero-order chi connectivity index (χ0) is 23.5. The van der Waals surface area contributed by atoms with Crippen LogP contribution in [0.25, 0.3) is 0 Å². The molecule has 2 saturated heterocycles. The van der Waals surface area contributed by atoms with Crippen LogP contribution in [-0.2, 0) is 9.53 Å². The highest BCUT2D eigenvalue weighted by molar-refractivity contribution is 6.21. The van der Waals surface area contributed by atoms with Crippen LogP contribution in [0.2, 0.25) is 0 Å². The van der Waals surface area contributed by atoms with E-state index in [4.69, 9.17) is 9.72 Å². The van der Waals surface area contributed by atoms with Gasteiger partial charge in [0, 0.05) is 58.4 Å². The molecule has 10 heteroatoms. The summed E-state index contributed by atoms with van der Waals surface area (Å²) in [4.78, 5) is 54.2. The van der Waals surface area contributed by atoms with Crippen LogP contribution >= 0.6 is 0 Å². The van der Waals surface area contributed by atoms with Crippen LogP contribution in [-0.4, -0.2) is 96.5 Å². The van der Waals surface area contributed by atoms with Gasteiger partial charge in [0.05, 0.1) is 24.3 Å². The van der Waals surface area contributed by atoms with E-state index in [1.807, 2.05) is 11.0 Å². The maximum atomic E-state index is 12.7. The lowest BCUT2D eigenvalue weighted by Crippen LogP contribution is -2.49. The summed E-state index contributed by atoms with van der Waals surface area (Å²) in [5, 5.41) is 0. The molecule has 0 unspecified atom stereocenters. The first-order valence-electron chi connectivity index (χ1n) is 11.8. The van der Waals surface area contributed by atoms with Crippen LogP contribution < -0.4 is 9.80 Å². The molecule has 0 N–H and O–H groups in total. The van der Waals surface area contributed by atoms with Gasteiger partial charge >= 0.3 is 0 Å². The minimum Gasteiger partial charge on any atom is -0.378 e. The fraction of sp³-hybridized carbons (Fsp3) is 0.458. The molecular formula is C24H28N6O4. The van der Waals surface area contributed by atoms with Crippen molar-refractivity contribution >= 4 is 29.5 Å². The van der Waals surface area contributed by atoms with Crippen LogP contribution in [0.1, 0.15) is 33.6 Å². The van der Waals surface area contributed by atoms with Gasteiger partial charge in [0.1, 0.15) is 5.82 Å². The maximum absolute atomic E-state index is 12.7. The van der Waals surface area contributed by atoms with E-state index < -0.39 is 0 Å². The number of amides is 3. The van der Waals surface area contributed by atoms with E-state index in [0.717, 1.165) is 18.9 Å². The first-order valence-corrected chi connectivity index (χ1v) is 11.8. The van der Waals surface area contributed by atoms with Gasteiger partial charge in [0.15, 0.2) is 0 Å². The van der Waals surface area contributed by atoms with Gasteiger partial charge in [-0.25, -0.2) is 4.98 Å². The number of hydrogen-bond donors (Lipinski definition) is 0. The zero-order valence-electron chi connectivity index (χ0n) is 19.1. The molecule has 5 rings (SSSR count). The standard InChI is InChI=1S/C24H28N6O4/c31-21(6-3-9-30-22(32)18-4-1-2-5-19(18)23(30)33)28-12-10-27(11-13-28)20-7-8-25-24(26-20)29-14-16-34-17-15-29/h1-2,4-5,7-8H,3,6,9-17H2. The second-order valence-electron chi connectivity index (χ2n) is 8.59. The fourth-order valence-electron chi connectivity index (χ4n) is 4.60. The Kier molecular flexibility index (Phi) is 6.39. The Morgan fingerprint density at radius 2 is 1.56 bits per heavy atom. The van der Waals surface area contributed by atoms with Crippen LogP contribution in [0.3, 0.4) is 0 Å². The summed E-state index contributed by atoms with van der Waals surface area (Å²) >= 11 is 0. The molecule has 3 amide bonds. The molecule has 0 saturated carbocycles. The monoisotopic (exact) mass is 464 g/mol. The largest absolute Gasteiger partial charge is 0.378 e. The van der Waals surface area contributed by atoms with Crippen molar-refractivity contribution in [2.75, 3.05) is 68.8 Å². The van der Waals surface area contributed by atoms with E-state index in [1.165, 1.54) is 4.90 Å². The molecule has 2 fully saturated rings. The number of ether oxygens (including phenoxy) is 1. The van der Waals surface area contributed by atoms with Crippen molar-refractivity contribution in [3.05, 3.63) is 47.7 Å². The predicted octanol–water partition coefficient (Wildman–Crippen LogP) is 1.04. The molecule has 0 spiro atoms. The van der Waals surface area contributed by atoms with E-state index in [2.05, 4.69) is 14.8 Å². The van der Waals surface area contributed by atoms with Crippen LogP contribution in [0.5, 0.6) is 0 Å². The minimum atomic E-state index is -0.275. The number of aromatic nitrogens is 2. The molecule has 2 aromatic rings. The van der Waals surface area contributed by atoms with Gasteiger partial charge in [-0.15, -0.1) is 0 Å². The number of fused-ring (bicyclic) bond motifs is 1. The van der Waals surface area contributed by atoms with Crippen molar-refractivity contribution in [1.82, 2.24) is 19.8 Å². The van der Waals surface area contributed by atoms with Gasteiger partial charge in [-0.2, -0.15) is 4.98 Å². The molecule has 178 valence electrons. The van der Waals surface area contributed by atoms with Gasteiger partial charge in [0.2, 0.25) is 11.9 Å². The molecule has 10 nitrogen and oxygen atoms in total. The van der Waals surface area contributed by atoms with Crippen molar-refractivity contribution in [2.24, 2.45) is 0 Å². The first-order chi connectivity index (χ1) is 16.6. The van der Waals surface area contributed by atoms with E-state index in [9.17, 15) is 14.4 Å². The van der Waals surface area contributed by atoms with E-state index in [-0.39, 0.29) is 24.3 Å². The van der Waals surface area contributed by atoms with Crippen LogP contribution in [0.15, 0.2) is 36.5 Å². The third kappa shape index (κ3) is 4.45. The topological polar surface area (TPSA) is 99.2 Å². The number of hydrogen-bond acceptors (Lipinski definition) is 8. The highest BCUT2D eigenvalue weighted by Gasteiger charge is 2.34. The quantitative estimate of drug-likeness (QED) is 0.585. The Balaban J connectivity index is 1.09. The number of imide groups is 1. The van der Waals surface area contributed by atoms with Crippen LogP contribution in [0.4, 0.5) is 11.8 Å². The summed E-state index contributed by atoms with van der Waals surface area (Å²) in [6.07, 6.45) is 2.55. The summed E-state index contributed by atoms with van der Waals surface area (Å²) < 4.78 is 5.40. The van der Waals surface area contributed by atoms with Crippen molar-refractivity contribution in [3.8, 4) is 0 Å². The average molecular weight is 465 g/mol. The molecule has 1 aromatic heterocycles. The number of carbonyl (C=O) groups is 3. The molecule has 0 bridgehead atoms. The zero-order valence-corrected chi connectivity index (χ0v) is 19.1. The number of rotatable bonds is 6. The number of piperazine rings is 1. The molecule has 0 aliphatic carbocycles. The van der Waals surface area contributed by atoms with E-state index in [1.54, 1.807) is 30.5 Å². The summed E-state index contributed by atoms with van der Waals surface area (Å²) in [5.41, 5.74) is 0.882. The Morgan fingerprint density at radius 1 is 0.882 bits per heavy atom. The fourth-order valence-corrected chi connectivity index (χ4v) is 4.60. The molecule has 0 atom stereocenters. The normalized spacial score (nSPS) is 18.5. The molecule has 0 radical (unpaired) electrons. The van der Waals surface area contributed by atoms with Crippen molar-refractivity contribution in [3.63, 3.8) is 0 Å². The third-order valence-corrected chi connectivity index (χ3v) is 6.53. The van der Waals surface area contributed by atoms with Gasteiger partial charge in [-0.1, -0.05) is 12.1 Å². The Morgan fingerprint density at radius 3 is 2.24 bits per heavy atom. The second kappa shape index (κ2) is 9.76. The number of morpholine rings is 1. The molecular weight excluding hydrogens is 436 g/mol. The highest BCUT2D eigenvalue weighted by Crippen LogP contribution is 2.23. The van der Waals surface area contributed by atoms with Crippen LogP contribution in [0, 0.1) is 0 Å². The molecule has 1 aromatic carbocycles. The van der Waals surface area contributed by atoms with Crippen molar-refractivity contribution < 1.29 is 19.1 Å². The SMILES string of the molecule is O=C(CCCN1C(=O)c2ccccc2C1=O)N1CCN(c2ccnc(N3CCOCC3)n2)CC1. The summed E-state index contributed by atoms with van der Waals surface area (Å²) in [6, 6.07) is 8.75. The third-order valence-electron chi connectivity index (χ3n) is 6.53. The lowest BCUT2D eigenvalue weighted by Gasteiger charge is -2.36. The molecule has 3 aliphatic rings. The van der Waals surface area contributed by atoms with Gasteiger partial charge in [-0.05, 0) is 24.6 Å². The smallest absolute Gasteiger partial charge is 0.261 e. The average Bonchev–Trinajstić information content (AvgIpc) is 3.14. The Hall–Kier alpha value is -3.53. The number of carbonyl (C=O) groups excluding carboxylic acids is 3. The van der Waals surface area contributed by atoms with Gasteiger partial charge in [0.25, 0.3) is 11.8 Å². The van der Waals surface area contributed by atoms with E-state index >= 15 is 0 Å². The van der Waals surface area contributed by atoms with Gasteiger partial charge in [-0.3, -0.25) is 19.3 Å². The highest BCUT2D eigenvalue weighted by atomic mass is 16.5.